The van der Waals surface area contributed by atoms with Gasteiger partial charge < -0.3 is 9.84 Å². The Bertz CT molecular complexity index is 405. The molecule has 0 fully saturated rings. The number of hydrogen-bond donors (Lipinski definition) is 1. The van der Waals surface area contributed by atoms with Crippen LogP contribution in [-0.2, 0) is 4.79 Å². The van der Waals surface area contributed by atoms with E-state index < -0.39 is 5.97 Å². The van der Waals surface area contributed by atoms with E-state index in [9.17, 15) is 4.79 Å². The minimum Gasteiger partial charge on any atom is -0.491 e. The molecule has 86 valence electrons. The Labute approximate surface area is 95.4 Å². The molecule has 1 N–H and O–H groups in total. The van der Waals surface area contributed by atoms with E-state index in [-0.39, 0.29) is 6.10 Å². The van der Waals surface area contributed by atoms with Crippen molar-refractivity contribution in [1.82, 2.24) is 0 Å². The monoisotopic (exact) mass is 220 g/mol. The Morgan fingerprint density at radius 3 is 2.69 bits per heavy atom. The summed E-state index contributed by atoms with van der Waals surface area (Å²) in [6, 6.07) is 7.37. The molecule has 0 aliphatic heterocycles. The third kappa shape index (κ3) is 3.77. The zero-order valence-electron chi connectivity index (χ0n) is 9.73. The summed E-state index contributed by atoms with van der Waals surface area (Å²) in [4.78, 5) is 10.7. The van der Waals surface area contributed by atoms with Gasteiger partial charge in [0.15, 0.2) is 0 Å². The molecule has 0 amide bonds. The summed E-state index contributed by atoms with van der Waals surface area (Å²) in [5.74, 6) is -0.155. The minimum atomic E-state index is -0.907. The van der Waals surface area contributed by atoms with Gasteiger partial charge in [0.1, 0.15) is 5.75 Å². The first kappa shape index (κ1) is 12.3. The molecule has 0 saturated heterocycles. The lowest BCUT2D eigenvalue weighted by Gasteiger charge is -2.09. The number of rotatable bonds is 4. The predicted molar refractivity (Wildman–Crippen MR) is 63.5 cm³/mol. The maximum absolute atomic E-state index is 10.7. The molecule has 0 spiro atoms. The molecule has 3 heteroatoms. The van der Waals surface area contributed by atoms with Gasteiger partial charge in [0.25, 0.3) is 0 Å². The quantitative estimate of drug-likeness (QED) is 0.793. The molecule has 0 aliphatic carbocycles. The third-order valence-electron chi connectivity index (χ3n) is 1.95. The van der Waals surface area contributed by atoms with E-state index in [1.54, 1.807) is 13.0 Å². The molecular weight excluding hydrogens is 204 g/mol. The maximum atomic E-state index is 10.7. The summed E-state index contributed by atoms with van der Waals surface area (Å²) in [5, 5.41) is 8.76. The first-order valence-electron chi connectivity index (χ1n) is 5.17. The van der Waals surface area contributed by atoms with Crippen LogP contribution < -0.4 is 4.74 Å². The summed E-state index contributed by atoms with van der Waals surface area (Å²) in [7, 11) is 0. The second-order valence-corrected chi connectivity index (χ2v) is 3.87. The molecule has 1 aromatic carbocycles. The fraction of sp³-hybridized carbons (Fsp3) is 0.308. The molecule has 0 aromatic heterocycles. The van der Waals surface area contributed by atoms with E-state index in [4.69, 9.17) is 9.84 Å². The number of hydrogen-bond acceptors (Lipinski definition) is 2. The molecule has 0 bridgehead atoms. The highest BCUT2D eigenvalue weighted by atomic mass is 16.5. The average Bonchev–Trinajstić information content (AvgIpc) is 2.16. The van der Waals surface area contributed by atoms with Gasteiger partial charge in [0.05, 0.1) is 6.10 Å². The summed E-state index contributed by atoms with van der Waals surface area (Å²) < 4.78 is 5.52. The van der Waals surface area contributed by atoms with E-state index in [2.05, 4.69) is 0 Å². The van der Waals surface area contributed by atoms with Crippen LogP contribution in [0.3, 0.4) is 0 Å². The van der Waals surface area contributed by atoms with Gasteiger partial charge in [0.2, 0.25) is 0 Å². The van der Waals surface area contributed by atoms with Crippen LogP contribution in [0.5, 0.6) is 5.75 Å². The summed E-state index contributed by atoms with van der Waals surface area (Å²) in [6.07, 6.45) is 1.73. The lowest BCUT2D eigenvalue weighted by atomic mass is 10.1. The topological polar surface area (TPSA) is 46.5 Å². The highest BCUT2D eigenvalue weighted by Gasteiger charge is 2.01. The van der Waals surface area contributed by atoms with Gasteiger partial charge in [0, 0.05) is 5.57 Å². The van der Waals surface area contributed by atoms with E-state index in [0.717, 1.165) is 11.3 Å². The fourth-order valence-electron chi connectivity index (χ4n) is 1.26. The van der Waals surface area contributed by atoms with Crippen molar-refractivity contribution in [3.05, 3.63) is 35.4 Å². The van der Waals surface area contributed by atoms with Crippen LogP contribution in [0.1, 0.15) is 26.3 Å². The van der Waals surface area contributed by atoms with Gasteiger partial charge in [-0.3, -0.25) is 0 Å². The fourth-order valence-corrected chi connectivity index (χ4v) is 1.26. The number of carboxylic acid groups (broad SMARTS) is 1. The Kier molecular flexibility index (Phi) is 4.11. The van der Waals surface area contributed by atoms with Crippen molar-refractivity contribution in [3.8, 4) is 5.75 Å². The van der Waals surface area contributed by atoms with Crippen LogP contribution in [0.4, 0.5) is 0 Å². The smallest absolute Gasteiger partial charge is 0.331 e. The minimum absolute atomic E-state index is 0.111. The SMILES string of the molecule is CC(=Cc1cccc(OC(C)C)c1)C(=O)O. The Morgan fingerprint density at radius 2 is 2.12 bits per heavy atom. The lowest BCUT2D eigenvalue weighted by Crippen LogP contribution is -2.05. The van der Waals surface area contributed by atoms with Crippen molar-refractivity contribution < 1.29 is 14.6 Å². The molecule has 1 rings (SSSR count). The zero-order valence-corrected chi connectivity index (χ0v) is 9.73. The van der Waals surface area contributed by atoms with E-state index in [1.165, 1.54) is 0 Å². The largest absolute Gasteiger partial charge is 0.491 e. The molecule has 3 nitrogen and oxygen atoms in total. The zero-order chi connectivity index (χ0) is 12.1. The van der Waals surface area contributed by atoms with Gasteiger partial charge in [-0.15, -0.1) is 0 Å². The van der Waals surface area contributed by atoms with Crippen LogP contribution in [0.15, 0.2) is 29.8 Å². The summed E-state index contributed by atoms with van der Waals surface area (Å²) in [5.41, 5.74) is 1.14. The molecule has 0 radical (unpaired) electrons. The normalized spacial score (nSPS) is 11.6. The van der Waals surface area contributed by atoms with Crippen LogP contribution in [-0.4, -0.2) is 17.2 Å². The number of benzene rings is 1. The summed E-state index contributed by atoms with van der Waals surface area (Å²) in [6.45, 7) is 5.47. The van der Waals surface area contributed by atoms with E-state index >= 15 is 0 Å². The van der Waals surface area contributed by atoms with Crippen molar-refractivity contribution in [1.29, 1.82) is 0 Å². The second-order valence-electron chi connectivity index (χ2n) is 3.87. The van der Waals surface area contributed by atoms with Crippen molar-refractivity contribution in [2.75, 3.05) is 0 Å². The molecule has 0 unspecified atom stereocenters. The van der Waals surface area contributed by atoms with Gasteiger partial charge in [-0.2, -0.15) is 0 Å². The predicted octanol–water partition coefficient (Wildman–Crippen LogP) is 2.96. The number of carboxylic acids is 1. The molecule has 0 saturated carbocycles. The number of aliphatic carboxylic acids is 1. The molecule has 0 atom stereocenters. The molecule has 1 aromatic rings. The molecule has 0 heterocycles. The van der Waals surface area contributed by atoms with Gasteiger partial charge in [-0.1, -0.05) is 12.1 Å². The van der Waals surface area contributed by atoms with Gasteiger partial charge >= 0.3 is 5.97 Å². The Balaban J connectivity index is 2.90. The summed E-state index contributed by atoms with van der Waals surface area (Å²) >= 11 is 0. The van der Waals surface area contributed by atoms with Crippen LogP contribution in [0, 0.1) is 0 Å². The van der Waals surface area contributed by atoms with Crippen LogP contribution >= 0.6 is 0 Å². The van der Waals surface area contributed by atoms with Crippen molar-refractivity contribution in [3.63, 3.8) is 0 Å². The number of ether oxygens (including phenoxy) is 1. The van der Waals surface area contributed by atoms with E-state index in [1.807, 2.05) is 38.1 Å². The third-order valence-corrected chi connectivity index (χ3v) is 1.95. The van der Waals surface area contributed by atoms with E-state index in [0.29, 0.717) is 5.57 Å². The Morgan fingerprint density at radius 1 is 1.44 bits per heavy atom. The van der Waals surface area contributed by atoms with Crippen LogP contribution in [0.25, 0.3) is 6.08 Å². The molecule has 0 aliphatic rings. The second kappa shape index (κ2) is 5.35. The molecular formula is C13H16O3. The van der Waals surface area contributed by atoms with Gasteiger partial charge in [-0.05, 0) is 44.5 Å². The average molecular weight is 220 g/mol. The molecule has 16 heavy (non-hydrogen) atoms. The Hall–Kier alpha value is -1.77. The van der Waals surface area contributed by atoms with Crippen molar-refractivity contribution in [2.45, 2.75) is 26.9 Å². The maximum Gasteiger partial charge on any atom is 0.331 e. The van der Waals surface area contributed by atoms with Crippen LogP contribution in [0.2, 0.25) is 0 Å². The highest BCUT2D eigenvalue weighted by Crippen LogP contribution is 2.17. The standard InChI is InChI=1S/C13H16O3/c1-9(2)16-12-6-4-5-11(8-12)7-10(3)13(14)15/h4-9H,1-3H3,(H,14,15). The lowest BCUT2D eigenvalue weighted by molar-refractivity contribution is -0.132. The first-order valence-corrected chi connectivity index (χ1v) is 5.17. The van der Waals surface area contributed by atoms with Gasteiger partial charge in [-0.25, -0.2) is 4.79 Å². The highest BCUT2D eigenvalue weighted by molar-refractivity contribution is 5.91. The van der Waals surface area contributed by atoms with Crippen molar-refractivity contribution >= 4 is 12.0 Å². The number of carbonyl (C=O) groups is 1. The van der Waals surface area contributed by atoms with Crippen molar-refractivity contribution in [2.24, 2.45) is 0 Å². The first-order chi connectivity index (χ1) is 7.49.